The zero-order valence-corrected chi connectivity index (χ0v) is 11.4. The summed E-state index contributed by atoms with van der Waals surface area (Å²) in [5, 5.41) is 0. The number of hydrogen-bond donors (Lipinski definition) is 1. The number of imidazole rings is 1. The molecule has 0 aliphatic carbocycles. The van der Waals surface area contributed by atoms with E-state index in [-0.39, 0.29) is 0 Å². The van der Waals surface area contributed by atoms with Gasteiger partial charge in [-0.3, -0.25) is 0 Å². The number of hydrogen-bond acceptors (Lipinski definition) is 0. The molecule has 1 aromatic heterocycles. The molecule has 0 saturated carbocycles. The lowest BCUT2D eigenvalue weighted by Crippen LogP contribution is -2.39. The number of rotatable bonds is 3. The van der Waals surface area contributed by atoms with Crippen molar-refractivity contribution in [1.29, 1.82) is 0 Å². The zero-order valence-electron chi connectivity index (χ0n) is 11.4. The molecule has 0 unspecified atom stereocenters. The van der Waals surface area contributed by atoms with E-state index >= 15 is 0 Å². The summed E-state index contributed by atoms with van der Waals surface area (Å²) < 4.78 is 2.39. The molecular weight excluding hydrogens is 232 g/mol. The first-order valence-electron chi connectivity index (χ1n) is 6.81. The molecule has 0 aliphatic rings. The summed E-state index contributed by atoms with van der Waals surface area (Å²) in [5.74, 6) is 1.27. The molecule has 0 spiro atoms. The van der Waals surface area contributed by atoms with Gasteiger partial charge in [0.15, 0.2) is 11.0 Å². The molecule has 0 fully saturated rings. The van der Waals surface area contributed by atoms with Crippen molar-refractivity contribution in [3.8, 4) is 0 Å². The minimum atomic E-state index is 0.454. The van der Waals surface area contributed by atoms with Gasteiger partial charge in [0, 0.05) is 0 Å². The number of fused-ring (bicyclic) bond motifs is 1. The van der Waals surface area contributed by atoms with Crippen molar-refractivity contribution in [3.05, 3.63) is 66.0 Å². The fourth-order valence-electron chi connectivity index (χ4n) is 2.66. The lowest BCUT2D eigenvalue weighted by atomic mass is 10.1. The highest BCUT2D eigenvalue weighted by molar-refractivity contribution is 5.71. The first-order chi connectivity index (χ1) is 9.25. The number of para-hydroxylation sites is 2. The summed E-state index contributed by atoms with van der Waals surface area (Å²) in [5.41, 5.74) is 3.83. The van der Waals surface area contributed by atoms with Crippen molar-refractivity contribution >= 4 is 11.0 Å². The fraction of sp³-hybridized carbons (Fsp3) is 0.235. The van der Waals surface area contributed by atoms with E-state index in [9.17, 15) is 0 Å². The normalized spacial score (nSPS) is 11.3. The number of nitrogens with one attached hydrogen (secondary N) is 1. The molecule has 2 aromatic carbocycles. The van der Waals surface area contributed by atoms with Crippen LogP contribution in [0.5, 0.6) is 0 Å². The number of aromatic nitrogens is 2. The quantitative estimate of drug-likeness (QED) is 0.686. The van der Waals surface area contributed by atoms with Crippen molar-refractivity contribution in [3.63, 3.8) is 0 Å². The topological polar surface area (TPSA) is 19.7 Å². The third kappa shape index (κ3) is 2.26. The Balaban J connectivity index is 2.10. The van der Waals surface area contributed by atoms with Gasteiger partial charge in [0.2, 0.25) is 0 Å². The van der Waals surface area contributed by atoms with Gasteiger partial charge in [-0.05, 0) is 31.5 Å². The van der Waals surface area contributed by atoms with Crippen molar-refractivity contribution in [1.82, 2.24) is 4.98 Å². The number of benzene rings is 2. The zero-order chi connectivity index (χ0) is 13.2. The second kappa shape index (κ2) is 4.88. The second-order valence-corrected chi connectivity index (χ2v) is 5.21. The van der Waals surface area contributed by atoms with Crippen LogP contribution in [0.4, 0.5) is 0 Å². The predicted octanol–water partition coefficient (Wildman–Crippen LogP) is 3.63. The van der Waals surface area contributed by atoms with E-state index in [4.69, 9.17) is 0 Å². The maximum Gasteiger partial charge on any atom is 0.259 e. The number of H-pyrrole nitrogens is 1. The first kappa shape index (κ1) is 12.0. The van der Waals surface area contributed by atoms with Gasteiger partial charge in [-0.15, -0.1) is 0 Å². The molecule has 0 aliphatic heterocycles. The van der Waals surface area contributed by atoms with Crippen LogP contribution in [0, 0.1) is 0 Å². The summed E-state index contributed by atoms with van der Waals surface area (Å²) in [7, 11) is 0. The molecule has 1 N–H and O–H groups in total. The third-order valence-electron chi connectivity index (χ3n) is 3.46. The first-order valence-corrected chi connectivity index (χ1v) is 6.81. The summed E-state index contributed by atoms with van der Waals surface area (Å²) in [4.78, 5) is 3.56. The molecule has 0 amide bonds. The highest BCUT2D eigenvalue weighted by Crippen LogP contribution is 2.14. The Kier molecular flexibility index (Phi) is 3.08. The lowest BCUT2D eigenvalue weighted by Gasteiger charge is -2.05. The van der Waals surface area contributed by atoms with Gasteiger partial charge in [-0.25, -0.2) is 9.55 Å². The minimum Gasteiger partial charge on any atom is -0.240 e. The molecule has 3 aromatic rings. The van der Waals surface area contributed by atoms with Crippen molar-refractivity contribution in [2.24, 2.45) is 0 Å². The molecule has 2 nitrogen and oxygen atoms in total. The van der Waals surface area contributed by atoms with Crippen LogP contribution in [0.1, 0.15) is 31.3 Å². The standard InChI is InChI=1S/C17H18N2/c1-13(2)19-16-11-7-6-10-15(16)18-17(19)12-14-8-4-3-5-9-14/h3-11,13H,12H2,1-2H3/p+1. The smallest absolute Gasteiger partial charge is 0.240 e. The predicted molar refractivity (Wildman–Crippen MR) is 78.1 cm³/mol. The van der Waals surface area contributed by atoms with Gasteiger partial charge in [-0.2, -0.15) is 0 Å². The van der Waals surface area contributed by atoms with E-state index in [2.05, 4.69) is 78.0 Å². The Hall–Kier alpha value is -2.09. The van der Waals surface area contributed by atoms with Crippen LogP contribution in [0.15, 0.2) is 54.6 Å². The van der Waals surface area contributed by atoms with Gasteiger partial charge < -0.3 is 0 Å². The molecule has 0 bridgehead atoms. The third-order valence-corrected chi connectivity index (χ3v) is 3.46. The van der Waals surface area contributed by atoms with Crippen LogP contribution < -0.4 is 4.57 Å². The maximum atomic E-state index is 3.56. The van der Waals surface area contributed by atoms with E-state index < -0.39 is 0 Å². The summed E-state index contributed by atoms with van der Waals surface area (Å²) in [6, 6.07) is 19.6. The van der Waals surface area contributed by atoms with Crippen LogP contribution in [0.2, 0.25) is 0 Å². The Morgan fingerprint density at radius 3 is 2.37 bits per heavy atom. The van der Waals surface area contributed by atoms with Crippen molar-refractivity contribution < 1.29 is 4.57 Å². The monoisotopic (exact) mass is 251 g/mol. The van der Waals surface area contributed by atoms with E-state index in [1.807, 2.05) is 0 Å². The summed E-state index contributed by atoms with van der Waals surface area (Å²) in [6.07, 6.45) is 0.938. The van der Waals surface area contributed by atoms with Gasteiger partial charge in [-0.1, -0.05) is 42.5 Å². The molecule has 3 rings (SSSR count). The average molecular weight is 251 g/mol. The highest BCUT2D eigenvalue weighted by atomic mass is 15.1. The number of aromatic amines is 1. The summed E-state index contributed by atoms with van der Waals surface area (Å²) >= 11 is 0. The van der Waals surface area contributed by atoms with Crippen LogP contribution in [0.25, 0.3) is 11.0 Å². The molecular formula is C17H19N2+. The molecule has 2 heteroatoms. The van der Waals surface area contributed by atoms with Crippen LogP contribution in [-0.4, -0.2) is 4.98 Å². The van der Waals surface area contributed by atoms with Crippen molar-refractivity contribution in [2.45, 2.75) is 26.3 Å². The maximum absolute atomic E-state index is 3.56. The Morgan fingerprint density at radius 1 is 0.947 bits per heavy atom. The average Bonchev–Trinajstić information content (AvgIpc) is 2.77. The molecule has 0 radical (unpaired) electrons. The largest absolute Gasteiger partial charge is 0.259 e. The lowest BCUT2D eigenvalue weighted by molar-refractivity contribution is -0.698. The second-order valence-electron chi connectivity index (χ2n) is 5.21. The molecule has 19 heavy (non-hydrogen) atoms. The fourth-order valence-corrected chi connectivity index (χ4v) is 2.66. The summed E-state index contributed by atoms with van der Waals surface area (Å²) in [6.45, 7) is 4.46. The van der Waals surface area contributed by atoms with Crippen LogP contribution >= 0.6 is 0 Å². The van der Waals surface area contributed by atoms with Gasteiger partial charge in [0.1, 0.15) is 0 Å². The molecule has 0 saturated heterocycles. The SMILES string of the molecule is CC(C)[n+]1c(Cc2ccccc2)[nH]c2ccccc21. The highest BCUT2D eigenvalue weighted by Gasteiger charge is 2.20. The van der Waals surface area contributed by atoms with E-state index in [1.54, 1.807) is 0 Å². The Labute approximate surface area is 113 Å². The molecule has 0 atom stereocenters. The van der Waals surface area contributed by atoms with Gasteiger partial charge in [0.25, 0.3) is 5.82 Å². The van der Waals surface area contributed by atoms with E-state index in [1.165, 1.54) is 22.4 Å². The van der Waals surface area contributed by atoms with Crippen LogP contribution in [-0.2, 0) is 6.42 Å². The minimum absolute atomic E-state index is 0.454. The van der Waals surface area contributed by atoms with E-state index in [0.717, 1.165) is 6.42 Å². The number of nitrogens with zero attached hydrogens (tertiary/aromatic N) is 1. The molecule has 96 valence electrons. The Morgan fingerprint density at radius 2 is 1.63 bits per heavy atom. The van der Waals surface area contributed by atoms with Crippen molar-refractivity contribution in [2.75, 3.05) is 0 Å². The molecule has 1 heterocycles. The van der Waals surface area contributed by atoms with E-state index in [0.29, 0.717) is 6.04 Å². The van der Waals surface area contributed by atoms with Crippen LogP contribution in [0.3, 0.4) is 0 Å². The van der Waals surface area contributed by atoms with Gasteiger partial charge >= 0.3 is 0 Å². The Bertz CT molecular complexity index is 681. The van der Waals surface area contributed by atoms with Gasteiger partial charge in [0.05, 0.1) is 12.5 Å².